The fourth-order valence-corrected chi connectivity index (χ4v) is 8.03. The van der Waals surface area contributed by atoms with Crippen LogP contribution >= 0.6 is 11.3 Å². The number of carbonyl (C=O) groups excluding carboxylic acids is 1. The number of carbonyl (C=O) groups is 2. The molecule has 1 aliphatic heterocycles. The summed E-state index contributed by atoms with van der Waals surface area (Å²) in [4.78, 5) is 60.0. The van der Waals surface area contributed by atoms with Gasteiger partial charge in [-0.15, -0.1) is 11.3 Å². The van der Waals surface area contributed by atoms with Crippen molar-refractivity contribution < 1.29 is 28.6 Å². The monoisotopic (exact) mass is 636 g/mol. The van der Waals surface area contributed by atoms with Crippen molar-refractivity contribution in [3.63, 3.8) is 0 Å². The Hall–Kier alpha value is -4.23. The first-order valence-electron chi connectivity index (χ1n) is 14.9. The van der Waals surface area contributed by atoms with E-state index < -0.39 is 28.9 Å². The average Bonchev–Trinajstić information content (AvgIpc) is 3.70. The van der Waals surface area contributed by atoms with Gasteiger partial charge in [-0.05, 0) is 45.2 Å². The van der Waals surface area contributed by atoms with Crippen LogP contribution in [-0.2, 0) is 26.4 Å². The highest BCUT2D eigenvalue weighted by atomic mass is 32.1. The van der Waals surface area contributed by atoms with Crippen molar-refractivity contribution in [2.75, 3.05) is 20.2 Å². The van der Waals surface area contributed by atoms with E-state index in [0.717, 1.165) is 17.4 Å². The van der Waals surface area contributed by atoms with Crippen molar-refractivity contribution in [3.05, 3.63) is 68.7 Å². The van der Waals surface area contributed by atoms with E-state index >= 15 is 0 Å². The van der Waals surface area contributed by atoms with Crippen molar-refractivity contribution in [3.8, 4) is 16.5 Å². The molecular formula is C32H36N4O8S. The predicted molar refractivity (Wildman–Crippen MR) is 167 cm³/mol. The second kappa shape index (κ2) is 11.6. The van der Waals surface area contributed by atoms with Gasteiger partial charge >= 0.3 is 11.7 Å². The largest absolute Gasteiger partial charge is 0.496 e. The molecule has 1 amide bonds. The number of aryl methyl sites for hydroxylation is 1. The molecule has 6 rings (SSSR count). The number of ether oxygens (including phenoxy) is 2. The minimum Gasteiger partial charge on any atom is -0.496 e. The summed E-state index contributed by atoms with van der Waals surface area (Å²) >= 11 is 1.19. The third-order valence-electron chi connectivity index (χ3n) is 9.27. The summed E-state index contributed by atoms with van der Waals surface area (Å²) in [6.07, 6.45) is 3.89. The molecular weight excluding hydrogens is 600 g/mol. The summed E-state index contributed by atoms with van der Waals surface area (Å²) in [6.45, 7) is 7.16. The molecule has 238 valence electrons. The highest BCUT2D eigenvalue weighted by Gasteiger charge is 2.45. The van der Waals surface area contributed by atoms with Crippen molar-refractivity contribution >= 4 is 33.4 Å². The summed E-state index contributed by atoms with van der Waals surface area (Å²) in [7, 11) is 1.57. The van der Waals surface area contributed by atoms with E-state index in [1.807, 2.05) is 29.2 Å². The molecule has 2 aliphatic rings. The fraction of sp³-hybridized carbons (Fsp3) is 0.469. The molecule has 3 aromatic heterocycles. The number of likely N-dealkylation sites (tertiary alicyclic amines) is 1. The number of aromatic nitrogens is 3. The van der Waals surface area contributed by atoms with Gasteiger partial charge in [-0.1, -0.05) is 18.2 Å². The van der Waals surface area contributed by atoms with Crippen LogP contribution in [0.4, 0.5) is 0 Å². The Balaban J connectivity index is 1.54. The summed E-state index contributed by atoms with van der Waals surface area (Å²) in [5, 5.41) is 10.3. The number of benzene rings is 1. The van der Waals surface area contributed by atoms with E-state index in [1.165, 1.54) is 42.2 Å². The number of oxazole rings is 1. The van der Waals surface area contributed by atoms with Crippen molar-refractivity contribution in [2.24, 2.45) is 11.8 Å². The number of carboxylic acid groups (broad SMARTS) is 1. The third-order valence-corrected chi connectivity index (χ3v) is 10.6. The zero-order valence-electron chi connectivity index (χ0n) is 25.8. The maximum absolute atomic E-state index is 14.3. The number of carboxylic acids is 1. The normalized spacial score (nSPS) is 20.5. The Labute approximate surface area is 262 Å². The maximum atomic E-state index is 14.3. The van der Waals surface area contributed by atoms with Gasteiger partial charge in [0, 0.05) is 37.4 Å². The van der Waals surface area contributed by atoms with Crippen LogP contribution in [0.25, 0.3) is 21.0 Å². The molecule has 3 unspecified atom stereocenters. The SMILES string of the molecule is COc1ccccc1C(Cn1c(=O)n(C(C)(C)C(=O)O)c(=O)c2c(C)c(-c3ncco3)sc21)OC1C2CCC1CN(C(C)=O)C2. The molecule has 4 heterocycles. The van der Waals surface area contributed by atoms with Crippen LogP contribution in [0.1, 0.15) is 50.8 Å². The topological polar surface area (TPSA) is 146 Å². The Morgan fingerprint density at radius 1 is 1.18 bits per heavy atom. The fourth-order valence-electron chi connectivity index (χ4n) is 6.79. The summed E-state index contributed by atoms with van der Waals surface area (Å²) in [5.41, 5.74) is -2.06. The van der Waals surface area contributed by atoms with Gasteiger partial charge in [0.25, 0.3) is 5.56 Å². The van der Waals surface area contributed by atoms with Gasteiger partial charge in [0.15, 0.2) is 0 Å². The number of aliphatic carboxylic acids is 1. The van der Waals surface area contributed by atoms with Crippen molar-refractivity contribution in [1.29, 1.82) is 0 Å². The van der Waals surface area contributed by atoms with Crippen molar-refractivity contribution in [1.82, 2.24) is 19.0 Å². The molecule has 12 nitrogen and oxygen atoms in total. The standard InChI is InChI=1S/C32H36N4O8S/c1-17-24-28(38)36(32(3,4)30(39)40)31(41)35(29(24)45-26(17)27-33-12-13-43-27)16-23(21-8-6-7-9-22(21)42-5)44-25-19-10-11-20(25)15-34(14-19)18(2)37/h6-9,12-13,19-20,23,25H,10-11,14-16H2,1-5H3,(H,39,40). The van der Waals surface area contributed by atoms with Gasteiger partial charge in [-0.2, -0.15) is 0 Å². The quantitative estimate of drug-likeness (QED) is 0.288. The lowest BCUT2D eigenvalue weighted by molar-refractivity contribution is -0.146. The first-order valence-corrected chi connectivity index (χ1v) is 15.7. The second-order valence-corrected chi connectivity index (χ2v) is 13.3. The van der Waals surface area contributed by atoms with Crippen LogP contribution in [0.5, 0.6) is 5.75 Å². The maximum Gasteiger partial charge on any atom is 0.333 e. The molecule has 0 spiro atoms. The van der Waals surface area contributed by atoms with Crippen molar-refractivity contribution in [2.45, 2.75) is 64.8 Å². The number of hydrogen-bond donors (Lipinski definition) is 1. The van der Waals surface area contributed by atoms with Gasteiger partial charge in [0.1, 0.15) is 28.5 Å². The van der Waals surface area contributed by atoms with Crippen LogP contribution < -0.4 is 16.0 Å². The smallest absolute Gasteiger partial charge is 0.333 e. The number of amides is 1. The Kier molecular flexibility index (Phi) is 7.94. The number of methoxy groups -OCH3 is 1. The molecule has 0 radical (unpaired) electrons. The van der Waals surface area contributed by atoms with Gasteiger partial charge in [-0.3, -0.25) is 14.2 Å². The molecule has 45 heavy (non-hydrogen) atoms. The summed E-state index contributed by atoms with van der Waals surface area (Å²) < 4.78 is 20.5. The lowest BCUT2D eigenvalue weighted by Gasteiger charge is -2.39. The molecule has 1 saturated carbocycles. The second-order valence-electron chi connectivity index (χ2n) is 12.3. The van der Waals surface area contributed by atoms with Crippen LogP contribution in [-0.4, -0.2) is 62.3 Å². The lowest BCUT2D eigenvalue weighted by atomic mass is 9.94. The summed E-state index contributed by atoms with van der Waals surface area (Å²) in [5.74, 6) is -0.160. The molecule has 13 heteroatoms. The Bertz CT molecular complexity index is 1880. The number of hydrogen-bond acceptors (Lipinski definition) is 9. The molecule has 2 bridgehead atoms. The minimum absolute atomic E-state index is 0.0248. The van der Waals surface area contributed by atoms with E-state index in [2.05, 4.69) is 4.98 Å². The highest BCUT2D eigenvalue weighted by molar-refractivity contribution is 7.22. The molecule has 2 fully saturated rings. The zero-order valence-corrected chi connectivity index (χ0v) is 26.6. The summed E-state index contributed by atoms with van der Waals surface area (Å²) in [6, 6.07) is 7.42. The highest BCUT2D eigenvalue weighted by Crippen LogP contribution is 2.43. The van der Waals surface area contributed by atoms with E-state index in [9.17, 15) is 24.3 Å². The van der Waals surface area contributed by atoms with E-state index in [1.54, 1.807) is 21.0 Å². The van der Waals surface area contributed by atoms with Crippen LogP contribution in [0.15, 0.2) is 50.7 Å². The first kappa shape index (κ1) is 30.8. The van der Waals surface area contributed by atoms with Gasteiger partial charge in [-0.25, -0.2) is 19.1 Å². The minimum atomic E-state index is -1.85. The number of para-hydroxylation sites is 1. The zero-order chi connectivity index (χ0) is 32.2. The van der Waals surface area contributed by atoms with Gasteiger partial charge < -0.3 is 23.9 Å². The van der Waals surface area contributed by atoms with Crippen LogP contribution in [0.2, 0.25) is 0 Å². The molecule has 4 aromatic rings. The average molecular weight is 637 g/mol. The van der Waals surface area contributed by atoms with Gasteiger partial charge in [0.2, 0.25) is 11.8 Å². The third kappa shape index (κ3) is 5.17. The molecule has 3 atom stereocenters. The number of nitrogens with zero attached hydrogens (tertiary/aromatic N) is 4. The van der Waals surface area contributed by atoms with E-state index in [4.69, 9.17) is 13.9 Å². The number of fused-ring (bicyclic) bond motifs is 3. The number of rotatable bonds is 9. The number of thiophene rings is 1. The van der Waals surface area contributed by atoms with Crippen LogP contribution in [0, 0.1) is 18.8 Å². The molecule has 1 aromatic carbocycles. The van der Waals surface area contributed by atoms with E-state index in [0.29, 0.717) is 45.6 Å². The number of piperidine rings is 1. The first-order chi connectivity index (χ1) is 21.4. The van der Waals surface area contributed by atoms with Crippen LogP contribution in [0.3, 0.4) is 0 Å². The Morgan fingerprint density at radius 2 is 1.87 bits per heavy atom. The van der Waals surface area contributed by atoms with E-state index in [-0.39, 0.29) is 35.8 Å². The van der Waals surface area contributed by atoms with Gasteiger partial charge in [0.05, 0.1) is 36.2 Å². The Morgan fingerprint density at radius 3 is 2.47 bits per heavy atom. The lowest BCUT2D eigenvalue weighted by Crippen LogP contribution is -2.53. The predicted octanol–water partition coefficient (Wildman–Crippen LogP) is 4.03. The molecule has 1 aliphatic carbocycles. The molecule has 1 N–H and O–H groups in total. The molecule has 1 saturated heterocycles.